The average Bonchev–Trinajstić information content (AvgIpc) is 2.86. The van der Waals surface area contributed by atoms with Crippen molar-refractivity contribution in [2.45, 2.75) is 19.8 Å². The molecule has 0 saturated carbocycles. The van der Waals surface area contributed by atoms with Crippen molar-refractivity contribution >= 4 is 17.7 Å². The summed E-state index contributed by atoms with van der Waals surface area (Å²) < 4.78 is 10.6. The first kappa shape index (κ1) is 14.1. The molecule has 0 unspecified atom stereocenters. The van der Waals surface area contributed by atoms with Crippen LogP contribution in [-0.4, -0.2) is 30.8 Å². The van der Waals surface area contributed by atoms with Crippen LogP contribution in [0.15, 0.2) is 18.2 Å². The number of fused-ring (bicyclic) bond motifs is 1. The molecule has 19 heavy (non-hydrogen) atoms. The number of amides is 1. The maximum atomic E-state index is 11.5. The SMILES string of the molecule is CCSCCC(=O)NCCc1ccc2c(c1)OCO2. The first-order chi connectivity index (χ1) is 9.29. The Morgan fingerprint density at radius 2 is 2.21 bits per heavy atom. The van der Waals surface area contributed by atoms with Gasteiger partial charge in [0.15, 0.2) is 11.5 Å². The molecule has 0 radical (unpaired) electrons. The number of hydrogen-bond acceptors (Lipinski definition) is 4. The molecule has 1 aromatic rings. The van der Waals surface area contributed by atoms with Gasteiger partial charge < -0.3 is 14.8 Å². The number of hydrogen-bond donors (Lipinski definition) is 1. The van der Waals surface area contributed by atoms with E-state index in [-0.39, 0.29) is 5.91 Å². The first-order valence-electron chi connectivity index (χ1n) is 6.52. The molecule has 1 amide bonds. The van der Waals surface area contributed by atoms with Crippen LogP contribution in [0.25, 0.3) is 0 Å². The van der Waals surface area contributed by atoms with Gasteiger partial charge in [-0.15, -0.1) is 0 Å². The van der Waals surface area contributed by atoms with E-state index < -0.39 is 0 Å². The molecule has 0 spiro atoms. The number of thioether (sulfide) groups is 1. The Balaban J connectivity index is 1.69. The summed E-state index contributed by atoms with van der Waals surface area (Å²) in [7, 11) is 0. The minimum Gasteiger partial charge on any atom is -0.454 e. The summed E-state index contributed by atoms with van der Waals surface area (Å²) in [4.78, 5) is 11.5. The van der Waals surface area contributed by atoms with E-state index in [1.165, 1.54) is 0 Å². The van der Waals surface area contributed by atoms with Crippen LogP contribution >= 0.6 is 11.8 Å². The highest BCUT2D eigenvalue weighted by atomic mass is 32.2. The summed E-state index contributed by atoms with van der Waals surface area (Å²) in [5.41, 5.74) is 1.15. The van der Waals surface area contributed by atoms with Crippen LogP contribution < -0.4 is 14.8 Å². The molecule has 0 saturated heterocycles. The molecule has 0 atom stereocenters. The minimum atomic E-state index is 0.127. The second-order valence-corrected chi connectivity index (χ2v) is 5.63. The summed E-state index contributed by atoms with van der Waals surface area (Å²) >= 11 is 1.79. The minimum absolute atomic E-state index is 0.127. The molecule has 0 fully saturated rings. The van der Waals surface area contributed by atoms with Crippen LogP contribution in [-0.2, 0) is 11.2 Å². The number of benzene rings is 1. The van der Waals surface area contributed by atoms with Gasteiger partial charge in [0.05, 0.1) is 0 Å². The molecule has 1 aliphatic rings. The highest BCUT2D eigenvalue weighted by molar-refractivity contribution is 7.99. The van der Waals surface area contributed by atoms with Gasteiger partial charge in [0.25, 0.3) is 0 Å². The molecule has 0 bridgehead atoms. The van der Waals surface area contributed by atoms with Crippen LogP contribution in [0.4, 0.5) is 0 Å². The first-order valence-corrected chi connectivity index (χ1v) is 7.68. The predicted molar refractivity (Wildman–Crippen MR) is 76.9 cm³/mol. The standard InChI is InChI=1S/C14H19NO3S/c1-2-19-8-6-14(16)15-7-5-11-3-4-12-13(9-11)18-10-17-12/h3-4,9H,2,5-8,10H2,1H3,(H,15,16). The Kier molecular flexibility index (Phi) is 5.39. The van der Waals surface area contributed by atoms with Gasteiger partial charge in [0.1, 0.15) is 0 Å². The Labute approximate surface area is 117 Å². The zero-order valence-electron chi connectivity index (χ0n) is 11.1. The van der Waals surface area contributed by atoms with E-state index in [0.717, 1.165) is 35.0 Å². The summed E-state index contributed by atoms with van der Waals surface area (Å²) in [6.07, 6.45) is 1.41. The van der Waals surface area contributed by atoms with E-state index in [1.54, 1.807) is 11.8 Å². The lowest BCUT2D eigenvalue weighted by Crippen LogP contribution is -2.25. The third kappa shape index (κ3) is 4.35. The van der Waals surface area contributed by atoms with E-state index >= 15 is 0 Å². The van der Waals surface area contributed by atoms with Gasteiger partial charge in [-0.05, 0) is 29.9 Å². The van der Waals surface area contributed by atoms with Crippen molar-refractivity contribution in [2.24, 2.45) is 0 Å². The van der Waals surface area contributed by atoms with Gasteiger partial charge >= 0.3 is 0 Å². The number of rotatable bonds is 7. The monoisotopic (exact) mass is 281 g/mol. The Morgan fingerprint density at radius 1 is 1.37 bits per heavy atom. The van der Waals surface area contributed by atoms with Crippen molar-refractivity contribution in [1.82, 2.24) is 5.32 Å². The highest BCUT2D eigenvalue weighted by Crippen LogP contribution is 2.32. The molecular formula is C14H19NO3S. The number of carbonyl (C=O) groups is 1. The van der Waals surface area contributed by atoms with Crippen molar-refractivity contribution in [2.75, 3.05) is 24.8 Å². The number of carbonyl (C=O) groups excluding carboxylic acids is 1. The topological polar surface area (TPSA) is 47.6 Å². The smallest absolute Gasteiger partial charge is 0.231 e. The second-order valence-electron chi connectivity index (χ2n) is 4.23. The maximum Gasteiger partial charge on any atom is 0.231 e. The van der Waals surface area contributed by atoms with Gasteiger partial charge in [0, 0.05) is 18.7 Å². The number of nitrogens with one attached hydrogen (secondary N) is 1. The van der Waals surface area contributed by atoms with E-state index in [2.05, 4.69) is 12.2 Å². The van der Waals surface area contributed by atoms with Crippen LogP contribution in [0.5, 0.6) is 11.5 Å². The van der Waals surface area contributed by atoms with Crippen LogP contribution in [0.3, 0.4) is 0 Å². The summed E-state index contributed by atoms with van der Waals surface area (Å²) in [5, 5.41) is 2.93. The third-order valence-corrected chi connectivity index (χ3v) is 3.75. The van der Waals surface area contributed by atoms with Gasteiger partial charge in [-0.1, -0.05) is 13.0 Å². The van der Waals surface area contributed by atoms with Gasteiger partial charge in [-0.3, -0.25) is 4.79 Å². The fourth-order valence-corrected chi connectivity index (χ4v) is 2.46. The Hall–Kier alpha value is -1.36. The van der Waals surface area contributed by atoms with Crippen LogP contribution in [0.1, 0.15) is 18.9 Å². The molecule has 0 aliphatic carbocycles. The molecule has 1 heterocycles. The summed E-state index contributed by atoms with van der Waals surface area (Å²) in [5.74, 6) is 3.67. The van der Waals surface area contributed by atoms with E-state index in [9.17, 15) is 4.79 Å². The van der Waals surface area contributed by atoms with Crippen LogP contribution in [0.2, 0.25) is 0 Å². The highest BCUT2D eigenvalue weighted by Gasteiger charge is 2.12. The molecule has 4 nitrogen and oxygen atoms in total. The lowest BCUT2D eigenvalue weighted by molar-refractivity contribution is -0.120. The molecule has 1 N–H and O–H groups in total. The molecule has 2 rings (SSSR count). The molecule has 0 aromatic heterocycles. The van der Waals surface area contributed by atoms with Crippen LogP contribution in [0, 0.1) is 0 Å². The zero-order chi connectivity index (χ0) is 13.5. The molecular weight excluding hydrogens is 262 g/mol. The van der Waals surface area contributed by atoms with Crippen molar-refractivity contribution in [3.63, 3.8) is 0 Å². The fraction of sp³-hybridized carbons (Fsp3) is 0.500. The van der Waals surface area contributed by atoms with Crippen molar-refractivity contribution in [1.29, 1.82) is 0 Å². The quantitative estimate of drug-likeness (QED) is 0.779. The molecule has 1 aromatic carbocycles. The van der Waals surface area contributed by atoms with Gasteiger partial charge in [-0.25, -0.2) is 0 Å². The Morgan fingerprint density at radius 3 is 3.05 bits per heavy atom. The fourth-order valence-electron chi connectivity index (χ4n) is 1.84. The predicted octanol–water partition coefficient (Wildman–Crippen LogP) is 2.22. The van der Waals surface area contributed by atoms with Crippen molar-refractivity contribution < 1.29 is 14.3 Å². The summed E-state index contributed by atoms with van der Waals surface area (Å²) in [6.45, 7) is 3.06. The van der Waals surface area contributed by atoms with Crippen molar-refractivity contribution in [3.05, 3.63) is 23.8 Å². The van der Waals surface area contributed by atoms with E-state index in [1.807, 2.05) is 18.2 Å². The van der Waals surface area contributed by atoms with E-state index in [0.29, 0.717) is 19.8 Å². The zero-order valence-corrected chi connectivity index (χ0v) is 11.9. The third-order valence-electron chi connectivity index (χ3n) is 2.85. The maximum absolute atomic E-state index is 11.5. The molecule has 5 heteroatoms. The lowest BCUT2D eigenvalue weighted by Gasteiger charge is -2.06. The second kappa shape index (κ2) is 7.28. The Bertz CT molecular complexity index is 437. The average molecular weight is 281 g/mol. The molecule has 1 aliphatic heterocycles. The lowest BCUT2D eigenvalue weighted by atomic mass is 10.1. The van der Waals surface area contributed by atoms with Gasteiger partial charge in [-0.2, -0.15) is 11.8 Å². The van der Waals surface area contributed by atoms with E-state index in [4.69, 9.17) is 9.47 Å². The normalized spacial score (nSPS) is 12.5. The van der Waals surface area contributed by atoms with Gasteiger partial charge in [0.2, 0.25) is 12.7 Å². The summed E-state index contributed by atoms with van der Waals surface area (Å²) in [6, 6.07) is 5.89. The largest absolute Gasteiger partial charge is 0.454 e. The number of ether oxygens (including phenoxy) is 2. The molecule has 104 valence electrons. The van der Waals surface area contributed by atoms with Crippen molar-refractivity contribution in [3.8, 4) is 11.5 Å².